The second-order valence-corrected chi connectivity index (χ2v) is 6.56. The molecule has 6 nitrogen and oxygen atoms in total. The molecule has 2 heterocycles. The first kappa shape index (κ1) is 16.0. The Morgan fingerprint density at radius 1 is 1.43 bits per heavy atom. The molecule has 2 rings (SSSR count). The molecule has 0 saturated carbocycles. The van der Waals surface area contributed by atoms with Crippen LogP contribution in [0.5, 0.6) is 0 Å². The highest BCUT2D eigenvalue weighted by molar-refractivity contribution is 6.30. The first-order valence-electron chi connectivity index (χ1n) is 7.14. The van der Waals surface area contributed by atoms with E-state index in [-0.39, 0.29) is 18.1 Å². The van der Waals surface area contributed by atoms with Gasteiger partial charge in [-0.3, -0.25) is 0 Å². The molecule has 0 aliphatic heterocycles. The van der Waals surface area contributed by atoms with Gasteiger partial charge in [-0.05, 0) is 11.8 Å². The van der Waals surface area contributed by atoms with Crippen LogP contribution in [0.25, 0.3) is 5.78 Å². The van der Waals surface area contributed by atoms with Crippen LogP contribution in [0, 0.1) is 5.41 Å². The average Bonchev–Trinajstić information content (AvgIpc) is 2.85. The van der Waals surface area contributed by atoms with E-state index in [1.807, 2.05) is 0 Å². The summed E-state index contributed by atoms with van der Waals surface area (Å²) in [6, 6.07) is -0.126. The number of anilines is 1. The number of fused-ring (bicyclic) bond motifs is 1. The standard InChI is InChI=1S/C14H22ClN5O/c1-5-6-9-11(15)19-13-16-8-17-20(13)12(9)18-10(7-21)14(2,3)4/h8,10,18,21H,5-7H2,1-4H3/t10-/m1/s1. The van der Waals surface area contributed by atoms with E-state index >= 15 is 0 Å². The molecule has 0 aromatic carbocycles. The molecule has 21 heavy (non-hydrogen) atoms. The first-order chi connectivity index (χ1) is 9.88. The minimum Gasteiger partial charge on any atom is -0.394 e. The van der Waals surface area contributed by atoms with Crippen LogP contribution in [0.4, 0.5) is 5.82 Å². The lowest BCUT2D eigenvalue weighted by molar-refractivity contribution is 0.201. The van der Waals surface area contributed by atoms with Crippen molar-refractivity contribution < 1.29 is 5.11 Å². The van der Waals surface area contributed by atoms with Crippen LogP contribution in [-0.2, 0) is 6.42 Å². The smallest absolute Gasteiger partial charge is 0.255 e. The minimum absolute atomic E-state index is 0.0190. The van der Waals surface area contributed by atoms with Crippen LogP contribution in [-0.4, -0.2) is 37.3 Å². The molecule has 0 radical (unpaired) electrons. The lowest BCUT2D eigenvalue weighted by Gasteiger charge is -2.31. The van der Waals surface area contributed by atoms with Gasteiger partial charge >= 0.3 is 0 Å². The molecule has 7 heteroatoms. The van der Waals surface area contributed by atoms with E-state index in [9.17, 15) is 5.11 Å². The highest BCUT2D eigenvalue weighted by atomic mass is 35.5. The SMILES string of the molecule is CCCc1c(Cl)nc2ncnn2c1N[C@H](CO)C(C)(C)C. The van der Waals surface area contributed by atoms with E-state index in [2.05, 4.69) is 48.1 Å². The lowest BCUT2D eigenvalue weighted by atomic mass is 9.87. The Morgan fingerprint density at radius 3 is 2.71 bits per heavy atom. The van der Waals surface area contributed by atoms with E-state index in [1.54, 1.807) is 4.52 Å². The predicted molar refractivity (Wildman–Crippen MR) is 83.7 cm³/mol. The van der Waals surface area contributed by atoms with Gasteiger partial charge in [0.2, 0.25) is 0 Å². The molecule has 0 aliphatic carbocycles. The summed E-state index contributed by atoms with van der Waals surface area (Å²) in [4.78, 5) is 8.35. The summed E-state index contributed by atoms with van der Waals surface area (Å²) < 4.78 is 1.64. The highest BCUT2D eigenvalue weighted by Crippen LogP contribution is 2.29. The number of halogens is 1. The minimum atomic E-state index is -0.126. The Morgan fingerprint density at radius 2 is 2.14 bits per heavy atom. The Kier molecular flexibility index (Phi) is 4.68. The molecule has 0 bridgehead atoms. The molecule has 1 atom stereocenters. The monoisotopic (exact) mass is 311 g/mol. The fourth-order valence-electron chi connectivity index (χ4n) is 2.17. The van der Waals surface area contributed by atoms with Gasteiger partial charge in [-0.15, -0.1) is 0 Å². The van der Waals surface area contributed by atoms with E-state index in [4.69, 9.17) is 11.6 Å². The summed E-state index contributed by atoms with van der Waals surface area (Å²) in [6.45, 7) is 8.31. The zero-order chi connectivity index (χ0) is 15.6. The summed E-state index contributed by atoms with van der Waals surface area (Å²) in [5, 5.41) is 17.7. The van der Waals surface area contributed by atoms with Crippen LogP contribution in [0.2, 0.25) is 5.15 Å². The summed E-state index contributed by atoms with van der Waals surface area (Å²) in [6.07, 6.45) is 3.17. The fourth-order valence-corrected chi connectivity index (χ4v) is 2.43. The number of aliphatic hydroxyl groups is 1. The van der Waals surface area contributed by atoms with Gasteiger partial charge in [-0.1, -0.05) is 45.7 Å². The van der Waals surface area contributed by atoms with E-state index in [0.717, 1.165) is 24.2 Å². The van der Waals surface area contributed by atoms with Crippen molar-refractivity contribution in [2.45, 2.75) is 46.6 Å². The van der Waals surface area contributed by atoms with Crippen LogP contribution >= 0.6 is 11.6 Å². The number of aromatic nitrogens is 4. The van der Waals surface area contributed by atoms with E-state index < -0.39 is 0 Å². The lowest BCUT2D eigenvalue weighted by Crippen LogP contribution is -2.38. The molecular weight excluding hydrogens is 290 g/mol. The Bertz CT molecular complexity index is 620. The van der Waals surface area contributed by atoms with E-state index in [1.165, 1.54) is 6.33 Å². The third-order valence-corrected chi connectivity index (χ3v) is 3.83. The van der Waals surface area contributed by atoms with Crippen molar-refractivity contribution in [1.29, 1.82) is 0 Å². The van der Waals surface area contributed by atoms with Crippen LogP contribution in [0.15, 0.2) is 6.33 Å². The van der Waals surface area contributed by atoms with Gasteiger partial charge in [-0.2, -0.15) is 19.6 Å². The van der Waals surface area contributed by atoms with Gasteiger partial charge in [0.05, 0.1) is 12.6 Å². The number of nitrogens with zero attached hydrogens (tertiary/aromatic N) is 4. The third kappa shape index (κ3) is 3.27. The van der Waals surface area contributed by atoms with Crippen molar-refractivity contribution in [3.8, 4) is 0 Å². The van der Waals surface area contributed by atoms with Gasteiger partial charge in [0.1, 0.15) is 17.3 Å². The van der Waals surface area contributed by atoms with Gasteiger partial charge in [0, 0.05) is 5.56 Å². The van der Waals surface area contributed by atoms with Crippen LogP contribution in [0.3, 0.4) is 0 Å². The van der Waals surface area contributed by atoms with Crippen molar-refractivity contribution >= 4 is 23.2 Å². The van der Waals surface area contributed by atoms with Crippen LogP contribution in [0.1, 0.15) is 39.7 Å². The van der Waals surface area contributed by atoms with Crippen LogP contribution < -0.4 is 5.32 Å². The zero-order valence-electron chi connectivity index (χ0n) is 12.9. The number of aliphatic hydroxyl groups excluding tert-OH is 1. The molecule has 0 unspecified atom stereocenters. The molecule has 2 aromatic heterocycles. The van der Waals surface area contributed by atoms with Crippen molar-refractivity contribution in [3.05, 3.63) is 17.0 Å². The molecule has 0 amide bonds. The Hall–Kier alpha value is -1.40. The number of rotatable bonds is 5. The topological polar surface area (TPSA) is 75.3 Å². The molecule has 0 fully saturated rings. The summed E-state index contributed by atoms with van der Waals surface area (Å²) >= 11 is 6.29. The first-order valence-corrected chi connectivity index (χ1v) is 7.51. The predicted octanol–water partition coefficient (Wildman–Crippen LogP) is 2.55. The van der Waals surface area contributed by atoms with Crippen molar-refractivity contribution in [2.75, 3.05) is 11.9 Å². The maximum Gasteiger partial charge on any atom is 0.255 e. The maximum absolute atomic E-state index is 9.68. The molecular formula is C14H22ClN5O. The Balaban J connectivity index is 2.53. The summed E-state index contributed by atoms with van der Waals surface area (Å²) in [7, 11) is 0. The molecule has 2 aromatic rings. The zero-order valence-corrected chi connectivity index (χ0v) is 13.6. The largest absolute Gasteiger partial charge is 0.394 e. The van der Waals surface area contributed by atoms with Gasteiger partial charge in [-0.25, -0.2) is 0 Å². The van der Waals surface area contributed by atoms with Crippen molar-refractivity contribution in [1.82, 2.24) is 19.6 Å². The quantitative estimate of drug-likeness (QED) is 0.830. The molecule has 0 spiro atoms. The van der Waals surface area contributed by atoms with Gasteiger partial charge in [0.25, 0.3) is 5.78 Å². The van der Waals surface area contributed by atoms with Gasteiger partial charge < -0.3 is 10.4 Å². The fraction of sp³-hybridized carbons (Fsp3) is 0.643. The second-order valence-electron chi connectivity index (χ2n) is 6.20. The summed E-state index contributed by atoms with van der Waals surface area (Å²) in [5.74, 6) is 1.21. The van der Waals surface area contributed by atoms with E-state index in [0.29, 0.717) is 10.9 Å². The number of hydrogen-bond acceptors (Lipinski definition) is 5. The molecule has 116 valence electrons. The third-order valence-electron chi connectivity index (χ3n) is 3.51. The Labute approximate surface area is 129 Å². The van der Waals surface area contributed by atoms with Crippen molar-refractivity contribution in [3.63, 3.8) is 0 Å². The number of nitrogens with one attached hydrogen (secondary N) is 1. The molecule has 0 aliphatic rings. The second kappa shape index (κ2) is 6.15. The maximum atomic E-state index is 9.68. The molecule has 2 N–H and O–H groups in total. The number of hydrogen-bond donors (Lipinski definition) is 2. The highest BCUT2D eigenvalue weighted by Gasteiger charge is 2.26. The summed E-state index contributed by atoms with van der Waals surface area (Å²) in [5.41, 5.74) is 0.792. The molecule has 0 saturated heterocycles. The average molecular weight is 312 g/mol. The normalized spacial score (nSPS) is 13.6. The van der Waals surface area contributed by atoms with Gasteiger partial charge in [0.15, 0.2) is 0 Å². The van der Waals surface area contributed by atoms with Crippen molar-refractivity contribution in [2.24, 2.45) is 5.41 Å².